The van der Waals surface area contributed by atoms with Crippen LogP contribution in [0.15, 0.2) is 90.0 Å². The van der Waals surface area contributed by atoms with Crippen molar-refractivity contribution in [2.75, 3.05) is 42.0 Å². The van der Waals surface area contributed by atoms with Gasteiger partial charge in [-0.05, 0) is 67.4 Å². The molecule has 4 heteroatoms. The highest BCUT2D eigenvalue weighted by atomic mass is 15.5. The molecule has 0 fully saturated rings. The van der Waals surface area contributed by atoms with Gasteiger partial charge in [-0.3, -0.25) is 5.01 Å². The van der Waals surface area contributed by atoms with Crippen molar-refractivity contribution in [3.05, 3.63) is 96.1 Å². The molecule has 3 aromatic carbocycles. The Labute approximate surface area is 198 Å². The van der Waals surface area contributed by atoms with Crippen LogP contribution < -0.4 is 14.8 Å². The lowest BCUT2D eigenvalue weighted by molar-refractivity contribution is 0.709. The Hall–Kier alpha value is -3.53. The zero-order chi connectivity index (χ0) is 23.2. The molecule has 0 bridgehead atoms. The van der Waals surface area contributed by atoms with E-state index in [4.69, 9.17) is 5.10 Å². The van der Waals surface area contributed by atoms with Crippen LogP contribution in [0.1, 0.15) is 37.4 Å². The summed E-state index contributed by atoms with van der Waals surface area (Å²) in [6, 6.07) is 28.3. The number of para-hydroxylation sites is 1. The van der Waals surface area contributed by atoms with Crippen molar-refractivity contribution in [1.29, 1.82) is 0 Å². The molecule has 4 nitrogen and oxygen atoms in total. The molecule has 0 N–H and O–H groups in total. The van der Waals surface area contributed by atoms with Gasteiger partial charge in [0, 0.05) is 45.0 Å². The Balaban J connectivity index is 1.58. The quantitative estimate of drug-likeness (QED) is 0.395. The Bertz CT molecular complexity index is 1080. The summed E-state index contributed by atoms with van der Waals surface area (Å²) >= 11 is 0. The van der Waals surface area contributed by atoms with E-state index < -0.39 is 0 Å². The van der Waals surface area contributed by atoms with E-state index in [1.165, 1.54) is 22.5 Å². The number of nitrogens with zero attached hydrogens (tertiary/aromatic N) is 4. The van der Waals surface area contributed by atoms with Gasteiger partial charge in [-0.15, -0.1) is 0 Å². The summed E-state index contributed by atoms with van der Waals surface area (Å²) < 4.78 is 0. The molecule has 0 aromatic heterocycles. The van der Waals surface area contributed by atoms with Gasteiger partial charge >= 0.3 is 0 Å². The van der Waals surface area contributed by atoms with E-state index in [1.54, 1.807) is 0 Å². The molecule has 0 aliphatic carbocycles. The number of hydrogen-bond donors (Lipinski definition) is 0. The summed E-state index contributed by atoms with van der Waals surface area (Å²) in [5, 5.41) is 7.18. The molecule has 4 rings (SSSR count). The van der Waals surface area contributed by atoms with Crippen LogP contribution in [0.25, 0.3) is 6.08 Å². The van der Waals surface area contributed by atoms with Gasteiger partial charge in [-0.25, -0.2) is 0 Å². The Morgan fingerprint density at radius 2 is 1.45 bits per heavy atom. The molecule has 0 saturated heterocycles. The van der Waals surface area contributed by atoms with Crippen LogP contribution in [0.3, 0.4) is 0 Å². The van der Waals surface area contributed by atoms with Gasteiger partial charge in [0.05, 0.1) is 17.4 Å². The van der Waals surface area contributed by atoms with Gasteiger partial charge in [-0.1, -0.05) is 48.5 Å². The van der Waals surface area contributed by atoms with E-state index in [9.17, 15) is 0 Å². The highest BCUT2D eigenvalue weighted by Gasteiger charge is 2.28. The molecule has 1 aliphatic heterocycles. The van der Waals surface area contributed by atoms with E-state index >= 15 is 0 Å². The summed E-state index contributed by atoms with van der Waals surface area (Å²) in [4.78, 5) is 4.49. The molecule has 1 atom stereocenters. The lowest BCUT2D eigenvalue weighted by Gasteiger charge is -2.25. The summed E-state index contributed by atoms with van der Waals surface area (Å²) in [6.07, 6.45) is 5.20. The fraction of sp³-hybridized carbons (Fsp3) is 0.276. The first-order chi connectivity index (χ1) is 16.1. The van der Waals surface area contributed by atoms with Crippen molar-refractivity contribution in [3.8, 4) is 0 Å². The van der Waals surface area contributed by atoms with Crippen LogP contribution >= 0.6 is 0 Å². The van der Waals surface area contributed by atoms with Gasteiger partial charge in [-0.2, -0.15) is 5.10 Å². The van der Waals surface area contributed by atoms with E-state index in [0.29, 0.717) is 0 Å². The smallest absolute Gasteiger partial charge is 0.0831 e. The van der Waals surface area contributed by atoms with Crippen molar-refractivity contribution < 1.29 is 0 Å². The van der Waals surface area contributed by atoms with Gasteiger partial charge in [0.25, 0.3) is 0 Å². The molecule has 170 valence electrons. The van der Waals surface area contributed by atoms with Gasteiger partial charge in [0.1, 0.15) is 0 Å². The third-order valence-corrected chi connectivity index (χ3v) is 6.24. The van der Waals surface area contributed by atoms with E-state index in [0.717, 1.165) is 30.9 Å². The summed E-state index contributed by atoms with van der Waals surface area (Å²) in [7, 11) is 4.12. The predicted octanol–water partition coefficient (Wildman–Crippen LogP) is 6.62. The molecular formula is C29H34N4. The maximum atomic E-state index is 5.01. The van der Waals surface area contributed by atoms with Crippen LogP contribution in [0.5, 0.6) is 0 Å². The molecule has 0 amide bonds. The monoisotopic (exact) mass is 438 g/mol. The van der Waals surface area contributed by atoms with E-state index in [-0.39, 0.29) is 6.04 Å². The second kappa shape index (κ2) is 10.4. The third-order valence-electron chi connectivity index (χ3n) is 6.24. The number of allylic oxidation sites excluding steroid dienone is 1. The van der Waals surface area contributed by atoms with Crippen molar-refractivity contribution in [2.45, 2.75) is 26.3 Å². The number of anilines is 3. The second-order valence-corrected chi connectivity index (χ2v) is 8.57. The first kappa shape index (κ1) is 22.7. The largest absolute Gasteiger partial charge is 0.378 e. The highest BCUT2D eigenvalue weighted by molar-refractivity contribution is 6.01. The average Bonchev–Trinajstić information content (AvgIpc) is 3.29. The first-order valence-electron chi connectivity index (χ1n) is 11.8. The van der Waals surface area contributed by atoms with Crippen molar-refractivity contribution in [3.63, 3.8) is 0 Å². The molecule has 0 radical (unpaired) electrons. The molecule has 33 heavy (non-hydrogen) atoms. The molecule has 1 unspecified atom stereocenters. The average molecular weight is 439 g/mol. The fourth-order valence-corrected chi connectivity index (χ4v) is 4.28. The lowest BCUT2D eigenvalue weighted by Crippen LogP contribution is -2.22. The summed E-state index contributed by atoms with van der Waals surface area (Å²) in [5.74, 6) is 0. The van der Waals surface area contributed by atoms with Crippen LogP contribution in [0, 0.1) is 0 Å². The molecule has 0 spiro atoms. The number of hydrazone groups is 1. The topological polar surface area (TPSA) is 22.1 Å². The third kappa shape index (κ3) is 5.28. The minimum absolute atomic E-state index is 0.189. The molecule has 1 aliphatic rings. The minimum atomic E-state index is 0.189. The fourth-order valence-electron chi connectivity index (χ4n) is 4.28. The van der Waals surface area contributed by atoms with E-state index in [1.807, 2.05) is 0 Å². The van der Waals surface area contributed by atoms with Crippen LogP contribution in [0.2, 0.25) is 0 Å². The standard InChI is InChI=1S/C29H34N4/c1-5-32(6-2)27-20-15-24(16-21-27)29-22-25(30-33(29)28-10-8-7-9-11-28)17-12-23-13-18-26(19-14-23)31(3)4/h7-21,29H,5-6,22H2,1-4H3. The molecule has 0 saturated carbocycles. The lowest BCUT2D eigenvalue weighted by atomic mass is 10.00. The molecular weight excluding hydrogens is 404 g/mol. The number of benzene rings is 3. The molecule has 3 aromatic rings. The zero-order valence-electron chi connectivity index (χ0n) is 20.1. The maximum absolute atomic E-state index is 5.01. The SMILES string of the molecule is CCN(CC)c1ccc(C2CC(C=Cc3ccc(N(C)C)cc3)=NN2c2ccccc2)cc1. The highest BCUT2D eigenvalue weighted by Crippen LogP contribution is 2.36. The van der Waals surface area contributed by atoms with Crippen molar-refractivity contribution >= 4 is 28.8 Å². The summed E-state index contributed by atoms with van der Waals surface area (Å²) in [5.41, 5.74) is 7.16. The van der Waals surface area contributed by atoms with E-state index in [2.05, 4.69) is 134 Å². The van der Waals surface area contributed by atoms with Crippen molar-refractivity contribution in [1.82, 2.24) is 0 Å². The van der Waals surface area contributed by atoms with Crippen LogP contribution in [0.4, 0.5) is 17.1 Å². The van der Waals surface area contributed by atoms with Gasteiger partial charge in [0.15, 0.2) is 0 Å². The van der Waals surface area contributed by atoms with Gasteiger partial charge in [0.2, 0.25) is 0 Å². The normalized spacial score (nSPS) is 15.7. The predicted molar refractivity (Wildman–Crippen MR) is 144 cm³/mol. The molecule has 1 heterocycles. The zero-order valence-corrected chi connectivity index (χ0v) is 20.1. The summed E-state index contributed by atoms with van der Waals surface area (Å²) in [6.45, 7) is 6.43. The van der Waals surface area contributed by atoms with Crippen LogP contribution in [-0.4, -0.2) is 32.9 Å². The first-order valence-corrected chi connectivity index (χ1v) is 11.8. The Morgan fingerprint density at radius 3 is 2.06 bits per heavy atom. The van der Waals surface area contributed by atoms with Gasteiger partial charge < -0.3 is 9.80 Å². The number of rotatable bonds is 8. The Kier molecular flexibility index (Phi) is 7.13. The number of hydrogen-bond acceptors (Lipinski definition) is 4. The Morgan fingerprint density at radius 1 is 0.818 bits per heavy atom. The second-order valence-electron chi connectivity index (χ2n) is 8.57. The minimum Gasteiger partial charge on any atom is -0.378 e. The van der Waals surface area contributed by atoms with Crippen molar-refractivity contribution in [2.24, 2.45) is 5.10 Å². The van der Waals surface area contributed by atoms with Crippen LogP contribution in [-0.2, 0) is 0 Å². The maximum Gasteiger partial charge on any atom is 0.0831 e.